The molecule has 0 radical (unpaired) electrons. The summed E-state index contributed by atoms with van der Waals surface area (Å²) in [4.78, 5) is 26.0. The summed E-state index contributed by atoms with van der Waals surface area (Å²) in [5.41, 5.74) is 2.33. The number of rotatable bonds is 5. The topological polar surface area (TPSA) is 84.3 Å². The molecule has 3 aromatic rings. The van der Waals surface area contributed by atoms with Crippen LogP contribution in [0.15, 0.2) is 72.9 Å². The molecule has 58 heavy (non-hydrogen) atoms. The number of hydrogen-bond donors (Lipinski definition) is 1. The van der Waals surface area contributed by atoms with Gasteiger partial charge in [-0.2, -0.15) is 0 Å². The van der Waals surface area contributed by atoms with E-state index < -0.39 is 0 Å². The van der Waals surface area contributed by atoms with E-state index in [1.54, 1.807) is 12.1 Å². The highest BCUT2D eigenvalue weighted by Crippen LogP contribution is 2.20. The van der Waals surface area contributed by atoms with Gasteiger partial charge in [0, 0.05) is 108 Å². The Kier molecular flexibility index (Phi) is 46.5. The first-order valence-corrected chi connectivity index (χ1v) is 22.5. The van der Waals surface area contributed by atoms with Crippen molar-refractivity contribution in [2.24, 2.45) is 0 Å². The predicted molar refractivity (Wildman–Crippen MR) is 257 cm³/mol. The van der Waals surface area contributed by atoms with Crippen LogP contribution in [0.2, 0.25) is 0 Å². The van der Waals surface area contributed by atoms with Gasteiger partial charge in [-0.25, -0.2) is 9.37 Å². The van der Waals surface area contributed by atoms with E-state index in [2.05, 4.69) is 68.8 Å². The Morgan fingerprint density at radius 2 is 0.948 bits per heavy atom. The molecule has 1 aromatic heterocycles. The molecule has 0 aliphatic carbocycles. The van der Waals surface area contributed by atoms with E-state index in [-0.39, 0.29) is 16.4 Å². The van der Waals surface area contributed by atoms with Crippen LogP contribution in [0.5, 0.6) is 0 Å². The molecule has 0 saturated carbocycles. The van der Waals surface area contributed by atoms with Gasteiger partial charge in [0.15, 0.2) is 0 Å². The molecule has 3 fully saturated rings. The van der Waals surface area contributed by atoms with Crippen LogP contribution in [0.4, 0.5) is 27.3 Å². The van der Waals surface area contributed by atoms with Gasteiger partial charge in [0.25, 0.3) is 5.69 Å². The molecule has 0 atom stereocenters. The maximum atomic E-state index is 12.6. The number of nitrogens with one attached hydrogen (secondary N) is 1. The number of halogens is 1. The van der Waals surface area contributed by atoms with Gasteiger partial charge >= 0.3 is 0 Å². The van der Waals surface area contributed by atoms with E-state index in [0.717, 1.165) is 95.7 Å². The number of nitrogens with zero attached hydrogens (tertiary/aromatic N) is 7. The summed E-state index contributed by atoms with van der Waals surface area (Å²) in [6.45, 7) is 40.9. The minimum atomic E-state index is -0.367. The van der Waals surface area contributed by atoms with Crippen LogP contribution in [-0.2, 0) is 0 Å². The van der Waals surface area contributed by atoms with Gasteiger partial charge < -0.3 is 29.8 Å². The molecule has 0 amide bonds. The van der Waals surface area contributed by atoms with Crippen LogP contribution >= 0.6 is 0 Å². The number of unbranched alkanes of at least 4 members (excludes halogenated alkanes) is 1. The molecular formula is C47H89FN8O2. The largest absolute Gasteiger partial charge is 0.369 e. The first-order chi connectivity index (χ1) is 28.3. The van der Waals surface area contributed by atoms with Crippen molar-refractivity contribution in [3.63, 3.8) is 0 Å². The second kappa shape index (κ2) is 44.3. The fraction of sp³-hybridized carbons (Fsp3) is 0.638. The van der Waals surface area contributed by atoms with E-state index in [1.807, 2.05) is 126 Å². The minimum absolute atomic E-state index is 0.151. The summed E-state index contributed by atoms with van der Waals surface area (Å²) < 4.78 is 12.6. The number of nitro benzene ring substituents is 1. The van der Waals surface area contributed by atoms with Crippen LogP contribution < -0.4 is 20.0 Å². The Labute approximate surface area is 357 Å². The average molecular weight is 817 g/mol. The maximum Gasteiger partial charge on any atom is 0.269 e. The zero-order chi connectivity index (χ0) is 45.1. The second-order valence-corrected chi connectivity index (χ2v) is 11.8. The minimum Gasteiger partial charge on any atom is -0.369 e. The first kappa shape index (κ1) is 60.9. The zero-order valence-electron chi connectivity index (χ0n) is 40.2. The lowest BCUT2D eigenvalue weighted by atomic mass is 10.2. The highest BCUT2D eigenvalue weighted by atomic mass is 19.1. The lowest BCUT2D eigenvalue weighted by Crippen LogP contribution is -2.44. The third-order valence-electron chi connectivity index (χ3n) is 8.21. The van der Waals surface area contributed by atoms with Crippen LogP contribution in [0.25, 0.3) is 0 Å². The Balaban J connectivity index is -0.000000321. The molecule has 0 spiro atoms. The number of pyridine rings is 1. The molecule has 3 aliphatic heterocycles. The first-order valence-electron chi connectivity index (χ1n) is 22.5. The average Bonchev–Trinajstić information content (AvgIpc) is 3.32. The Hall–Kier alpha value is -3.80. The number of aromatic nitrogens is 1. The van der Waals surface area contributed by atoms with Crippen LogP contribution in [-0.4, -0.2) is 112 Å². The van der Waals surface area contributed by atoms with Crippen molar-refractivity contribution in [3.8, 4) is 0 Å². The van der Waals surface area contributed by atoms with Crippen molar-refractivity contribution >= 4 is 22.9 Å². The maximum absolute atomic E-state index is 12.6. The van der Waals surface area contributed by atoms with Crippen molar-refractivity contribution in [2.75, 3.05) is 107 Å². The fourth-order valence-corrected chi connectivity index (χ4v) is 5.00. The number of likely N-dealkylation sites (N-methyl/N-ethyl adjacent to an activating group) is 2. The molecule has 336 valence electrons. The van der Waals surface area contributed by atoms with Crippen molar-refractivity contribution in [3.05, 3.63) is 88.9 Å². The zero-order valence-corrected chi connectivity index (χ0v) is 40.2. The summed E-state index contributed by atoms with van der Waals surface area (Å²) >= 11 is 0. The molecule has 6 rings (SSSR count). The van der Waals surface area contributed by atoms with E-state index >= 15 is 0 Å². The van der Waals surface area contributed by atoms with Gasteiger partial charge in [0.1, 0.15) is 11.6 Å². The number of non-ortho nitro benzene ring substituents is 1. The molecule has 2 aromatic carbocycles. The molecule has 4 heterocycles. The standard InChI is InChI=1S/C11H15N3O2.C10H13FN2.C10H15N3.C4H10.6C2H6/c1-12-6-8-13(9-7-12)10-2-4-11(5-3-10)14(15)16;11-9-1-3-10(4-2-9)13-7-5-12-6-8-13;1-12-6-8-13(9-7-12)10-4-2-3-5-11-10;1-3-4-2;6*1-2/h2-5H,6-9H2,1H3;1-4,12H,5-8H2;2-5H,6-9H2,1H3;3-4H2,1-2H3;6*1-2H3. The van der Waals surface area contributed by atoms with Crippen LogP contribution in [0, 0.1) is 15.9 Å². The quantitative estimate of drug-likeness (QED) is 0.200. The van der Waals surface area contributed by atoms with E-state index in [4.69, 9.17) is 0 Å². The highest BCUT2D eigenvalue weighted by molar-refractivity contribution is 5.51. The van der Waals surface area contributed by atoms with Gasteiger partial charge in [-0.15, -0.1) is 0 Å². The molecular weight excluding hydrogens is 728 g/mol. The van der Waals surface area contributed by atoms with Crippen molar-refractivity contribution in [1.82, 2.24) is 20.1 Å². The fourth-order valence-electron chi connectivity index (χ4n) is 5.00. The third kappa shape index (κ3) is 28.6. The lowest BCUT2D eigenvalue weighted by Gasteiger charge is -2.33. The Bertz CT molecular complexity index is 1230. The summed E-state index contributed by atoms with van der Waals surface area (Å²) in [5, 5.41) is 13.8. The van der Waals surface area contributed by atoms with E-state index in [0.29, 0.717) is 0 Å². The summed E-state index contributed by atoms with van der Waals surface area (Å²) in [5.74, 6) is 0.939. The Morgan fingerprint density at radius 1 is 0.569 bits per heavy atom. The number of nitro groups is 1. The predicted octanol–water partition coefficient (Wildman–Crippen LogP) is 11.4. The molecule has 0 bridgehead atoms. The summed E-state index contributed by atoms with van der Waals surface area (Å²) in [6.07, 6.45) is 4.49. The second-order valence-electron chi connectivity index (χ2n) is 11.8. The van der Waals surface area contributed by atoms with Crippen LogP contribution in [0.3, 0.4) is 0 Å². The van der Waals surface area contributed by atoms with E-state index in [9.17, 15) is 14.5 Å². The smallest absolute Gasteiger partial charge is 0.269 e. The van der Waals surface area contributed by atoms with Gasteiger partial charge in [-0.1, -0.05) is 116 Å². The van der Waals surface area contributed by atoms with E-state index in [1.165, 1.54) is 25.0 Å². The number of benzene rings is 2. The number of piperazine rings is 3. The van der Waals surface area contributed by atoms with Crippen LogP contribution in [0.1, 0.15) is 110 Å². The van der Waals surface area contributed by atoms with Crippen molar-refractivity contribution in [1.29, 1.82) is 0 Å². The van der Waals surface area contributed by atoms with Gasteiger partial charge in [-0.3, -0.25) is 10.1 Å². The number of hydrogen-bond acceptors (Lipinski definition) is 9. The van der Waals surface area contributed by atoms with Gasteiger partial charge in [0.2, 0.25) is 0 Å². The monoisotopic (exact) mass is 817 g/mol. The SMILES string of the molecule is CC.CC.CC.CC.CC.CC.CCCC.CN1CCN(c2ccc([N+](=O)[O-])cc2)CC1.CN1CCN(c2ccccn2)CC1.Fc1ccc(N2CCNCC2)cc1. The molecule has 0 unspecified atom stereocenters. The summed E-state index contributed by atoms with van der Waals surface area (Å²) in [6, 6.07) is 19.5. The summed E-state index contributed by atoms with van der Waals surface area (Å²) in [7, 11) is 4.27. The van der Waals surface area contributed by atoms with Crippen molar-refractivity contribution < 1.29 is 9.31 Å². The third-order valence-corrected chi connectivity index (χ3v) is 8.21. The normalized spacial score (nSPS) is 14.1. The molecule has 10 nitrogen and oxygen atoms in total. The number of anilines is 3. The van der Waals surface area contributed by atoms with Gasteiger partial charge in [-0.05, 0) is 62.6 Å². The van der Waals surface area contributed by atoms with Gasteiger partial charge in [0.05, 0.1) is 4.92 Å². The molecule has 3 saturated heterocycles. The molecule has 11 heteroatoms. The lowest BCUT2D eigenvalue weighted by molar-refractivity contribution is -0.384. The Morgan fingerprint density at radius 3 is 1.31 bits per heavy atom. The van der Waals surface area contributed by atoms with Crippen molar-refractivity contribution in [2.45, 2.75) is 110 Å². The highest BCUT2D eigenvalue weighted by Gasteiger charge is 2.16. The molecule has 1 N–H and O–H groups in total. The molecule has 3 aliphatic rings.